The molecule has 0 aromatic heterocycles. The van der Waals surface area contributed by atoms with Crippen LogP contribution in [0.4, 0.5) is 0 Å². The Hall–Kier alpha value is -0.610. The zero-order valence-electron chi connectivity index (χ0n) is 9.01. The number of ether oxygens (including phenoxy) is 1. The van der Waals surface area contributed by atoms with Crippen molar-refractivity contribution in [1.29, 1.82) is 0 Å². The van der Waals surface area contributed by atoms with E-state index in [1.165, 1.54) is 0 Å². The molecule has 0 aromatic carbocycles. The van der Waals surface area contributed by atoms with Crippen molar-refractivity contribution in [3.05, 3.63) is 0 Å². The maximum atomic E-state index is 11.4. The molecule has 0 unspecified atom stereocenters. The predicted molar refractivity (Wildman–Crippen MR) is 55.1 cm³/mol. The van der Waals surface area contributed by atoms with Crippen LogP contribution in [0.5, 0.6) is 0 Å². The maximum Gasteiger partial charge on any atom is 0.234 e. The second kappa shape index (κ2) is 5.98. The van der Waals surface area contributed by atoms with Gasteiger partial charge in [-0.05, 0) is 12.8 Å². The molecule has 1 rings (SSSR count). The fourth-order valence-corrected chi connectivity index (χ4v) is 1.36. The number of hydrogen-bond donors (Lipinski definition) is 2. The Morgan fingerprint density at radius 1 is 1.43 bits per heavy atom. The van der Waals surface area contributed by atoms with Crippen LogP contribution in [0.25, 0.3) is 0 Å². The molecule has 82 valence electrons. The zero-order chi connectivity index (χ0) is 10.4. The van der Waals surface area contributed by atoms with Gasteiger partial charge >= 0.3 is 0 Å². The minimum absolute atomic E-state index is 0.0885. The third-order valence-corrected chi connectivity index (χ3v) is 2.54. The summed E-state index contributed by atoms with van der Waals surface area (Å²) >= 11 is 0. The van der Waals surface area contributed by atoms with Gasteiger partial charge in [0.1, 0.15) is 0 Å². The second-order valence-corrected chi connectivity index (χ2v) is 3.70. The van der Waals surface area contributed by atoms with Crippen LogP contribution < -0.4 is 10.6 Å². The molecule has 0 saturated carbocycles. The highest BCUT2D eigenvalue weighted by molar-refractivity contribution is 5.78. The summed E-state index contributed by atoms with van der Waals surface area (Å²) in [5.74, 6) is 0.0885. The van der Waals surface area contributed by atoms with E-state index in [0.29, 0.717) is 18.6 Å². The van der Waals surface area contributed by atoms with Crippen LogP contribution in [0.2, 0.25) is 0 Å². The van der Waals surface area contributed by atoms with E-state index in [9.17, 15) is 4.79 Å². The van der Waals surface area contributed by atoms with Gasteiger partial charge in [0.2, 0.25) is 5.91 Å². The summed E-state index contributed by atoms with van der Waals surface area (Å²) in [5, 5.41) is 6.11. The van der Waals surface area contributed by atoms with Gasteiger partial charge in [-0.1, -0.05) is 13.8 Å². The minimum Gasteiger partial charge on any atom is -0.378 e. The predicted octanol–water partition coefficient (Wildman–Crippen LogP) is 0.280. The molecule has 1 fully saturated rings. The molecule has 4 heteroatoms. The zero-order valence-corrected chi connectivity index (χ0v) is 9.01. The Balaban J connectivity index is 2.07. The van der Waals surface area contributed by atoms with E-state index in [1.54, 1.807) is 0 Å². The maximum absolute atomic E-state index is 11.4. The molecule has 1 saturated heterocycles. The van der Waals surface area contributed by atoms with Crippen molar-refractivity contribution >= 4 is 5.91 Å². The van der Waals surface area contributed by atoms with Gasteiger partial charge in [0.05, 0.1) is 25.8 Å². The third kappa shape index (κ3) is 3.64. The number of carbonyl (C=O) groups excluding carboxylic acids is 1. The molecule has 1 aliphatic heterocycles. The first kappa shape index (κ1) is 11.5. The molecule has 0 bridgehead atoms. The van der Waals surface area contributed by atoms with Crippen molar-refractivity contribution in [2.45, 2.75) is 38.8 Å². The molecule has 4 nitrogen and oxygen atoms in total. The Morgan fingerprint density at radius 2 is 2.07 bits per heavy atom. The fourth-order valence-electron chi connectivity index (χ4n) is 1.36. The molecule has 0 radical (unpaired) electrons. The molecule has 1 heterocycles. The molecular weight excluding hydrogens is 180 g/mol. The Bertz CT molecular complexity index is 177. The molecule has 14 heavy (non-hydrogen) atoms. The summed E-state index contributed by atoms with van der Waals surface area (Å²) < 4.78 is 5.00. The van der Waals surface area contributed by atoms with Gasteiger partial charge in [-0.15, -0.1) is 0 Å². The van der Waals surface area contributed by atoms with Crippen LogP contribution in [-0.2, 0) is 9.53 Å². The lowest BCUT2D eigenvalue weighted by atomic mass is 10.2. The average Bonchev–Trinajstić information content (AvgIpc) is 2.11. The van der Waals surface area contributed by atoms with Gasteiger partial charge in [-0.3, -0.25) is 4.79 Å². The lowest BCUT2D eigenvalue weighted by molar-refractivity contribution is -0.121. The van der Waals surface area contributed by atoms with Crippen LogP contribution in [0.1, 0.15) is 26.7 Å². The Morgan fingerprint density at radius 3 is 2.50 bits per heavy atom. The first-order valence-corrected chi connectivity index (χ1v) is 5.36. The lowest BCUT2D eigenvalue weighted by Crippen LogP contribution is -2.50. The van der Waals surface area contributed by atoms with Gasteiger partial charge < -0.3 is 15.4 Å². The summed E-state index contributed by atoms with van der Waals surface area (Å²) in [7, 11) is 0. The molecular formula is C10H20N2O2. The monoisotopic (exact) mass is 200 g/mol. The smallest absolute Gasteiger partial charge is 0.234 e. The largest absolute Gasteiger partial charge is 0.378 e. The Kier molecular flexibility index (Phi) is 4.90. The first-order chi connectivity index (χ1) is 6.76. The molecule has 0 aromatic rings. The van der Waals surface area contributed by atoms with Crippen LogP contribution in [-0.4, -0.2) is 37.7 Å². The van der Waals surface area contributed by atoms with Crippen molar-refractivity contribution in [2.75, 3.05) is 19.8 Å². The van der Waals surface area contributed by atoms with E-state index in [4.69, 9.17) is 4.74 Å². The molecule has 0 atom stereocenters. The topological polar surface area (TPSA) is 50.4 Å². The van der Waals surface area contributed by atoms with Crippen molar-refractivity contribution < 1.29 is 9.53 Å². The number of carbonyl (C=O) groups is 1. The molecule has 0 spiro atoms. The number of amides is 1. The van der Waals surface area contributed by atoms with Crippen LogP contribution in [0, 0.1) is 0 Å². The average molecular weight is 200 g/mol. The van der Waals surface area contributed by atoms with Crippen molar-refractivity contribution in [1.82, 2.24) is 10.6 Å². The SMILES string of the molecule is CCC(CC)NC(=O)CNC1COC1. The molecule has 0 aliphatic carbocycles. The van der Waals surface area contributed by atoms with Crippen LogP contribution in [0.15, 0.2) is 0 Å². The van der Waals surface area contributed by atoms with E-state index >= 15 is 0 Å². The molecule has 1 amide bonds. The number of nitrogens with one attached hydrogen (secondary N) is 2. The molecule has 2 N–H and O–H groups in total. The highest BCUT2D eigenvalue weighted by Gasteiger charge is 2.18. The number of hydrogen-bond acceptors (Lipinski definition) is 3. The minimum atomic E-state index is 0.0885. The normalized spacial score (nSPS) is 16.8. The van der Waals surface area contributed by atoms with E-state index < -0.39 is 0 Å². The third-order valence-electron chi connectivity index (χ3n) is 2.54. The summed E-state index contributed by atoms with van der Waals surface area (Å²) in [4.78, 5) is 11.4. The molecule has 1 aliphatic rings. The highest BCUT2D eigenvalue weighted by Crippen LogP contribution is 1.99. The highest BCUT2D eigenvalue weighted by atomic mass is 16.5. The Labute approximate surface area is 85.4 Å². The van der Waals surface area contributed by atoms with Gasteiger partial charge in [0, 0.05) is 6.04 Å². The van der Waals surface area contributed by atoms with Crippen molar-refractivity contribution in [2.24, 2.45) is 0 Å². The summed E-state index contributed by atoms with van der Waals surface area (Å²) in [6.45, 7) is 6.05. The van der Waals surface area contributed by atoms with Crippen molar-refractivity contribution in [3.63, 3.8) is 0 Å². The van der Waals surface area contributed by atoms with Gasteiger partial charge in [-0.25, -0.2) is 0 Å². The first-order valence-electron chi connectivity index (χ1n) is 5.36. The summed E-state index contributed by atoms with van der Waals surface area (Å²) in [6.07, 6.45) is 1.99. The standard InChI is InChI=1S/C10H20N2O2/c1-3-8(4-2)12-10(13)5-11-9-6-14-7-9/h8-9,11H,3-7H2,1-2H3,(H,12,13). The van der Waals surface area contributed by atoms with Gasteiger partial charge in [-0.2, -0.15) is 0 Å². The van der Waals surface area contributed by atoms with E-state index in [0.717, 1.165) is 26.1 Å². The van der Waals surface area contributed by atoms with Crippen LogP contribution in [0.3, 0.4) is 0 Å². The van der Waals surface area contributed by atoms with Crippen molar-refractivity contribution in [3.8, 4) is 0 Å². The number of rotatable bonds is 6. The van der Waals surface area contributed by atoms with Gasteiger partial charge in [0.15, 0.2) is 0 Å². The fraction of sp³-hybridized carbons (Fsp3) is 0.900. The van der Waals surface area contributed by atoms with E-state index in [1.807, 2.05) is 0 Å². The lowest BCUT2D eigenvalue weighted by Gasteiger charge is -2.27. The van der Waals surface area contributed by atoms with E-state index in [2.05, 4.69) is 24.5 Å². The van der Waals surface area contributed by atoms with Gasteiger partial charge in [0.25, 0.3) is 0 Å². The quantitative estimate of drug-likeness (QED) is 0.647. The van der Waals surface area contributed by atoms with Crippen LogP contribution >= 0.6 is 0 Å². The summed E-state index contributed by atoms with van der Waals surface area (Å²) in [5.41, 5.74) is 0. The second-order valence-electron chi connectivity index (χ2n) is 3.70. The van der Waals surface area contributed by atoms with E-state index in [-0.39, 0.29) is 5.91 Å². The summed E-state index contributed by atoms with van der Waals surface area (Å²) in [6, 6.07) is 0.699.